The van der Waals surface area contributed by atoms with Crippen LogP contribution >= 0.6 is 0 Å². The van der Waals surface area contributed by atoms with Crippen molar-refractivity contribution >= 4 is 0 Å². The second-order valence-corrected chi connectivity index (χ2v) is 4.09. The van der Waals surface area contributed by atoms with Crippen molar-refractivity contribution in [1.29, 1.82) is 0 Å². The molecular formula is C13H19NO4. The average Bonchev–Trinajstić information content (AvgIpc) is 2.86. The molecule has 5 heteroatoms. The summed E-state index contributed by atoms with van der Waals surface area (Å²) in [6.07, 6.45) is 0.0592. The number of benzene rings is 1. The van der Waals surface area contributed by atoms with Crippen molar-refractivity contribution in [2.75, 3.05) is 34.2 Å². The third kappa shape index (κ3) is 3.13. The normalized spacial score (nSPS) is 14.8. The second kappa shape index (κ2) is 6.58. The fourth-order valence-corrected chi connectivity index (χ4v) is 1.89. The molecule has 1 aromatic carbocycles. The lowest BCUT2D eigenvalue weighted by Crippen LogP contribution is -2.31. The van der Waals surface area contributed by atoms with E-state index in [4.69, 9.17) is 18.9 Å². The van der Waals surface area contributed by atoms with Crippen LogP contribution in [0.4, 0.5) is 0 Å². The molecule has 0 aromatic heterocycles. The standard InChI is InChI=1S/C13H19NO4/c1-15-8-11(16-2)7-14-6-10-4-3-5-12-13(10)18-9-17-12/h3-5,11,14H,6-9H2,1-2H3. The van der Waals surface area contributed by atoms with E-state index >= 15 is 0 Å². The highest BCUT2D eigenvalue weighted by molar-refractivity contribution is 5.48. The Morgan fingerprint density at radius 2 is 2.22 bits per heavy atom. The molecule has 0 spiro atoms. The number of ether oxygens (including phenoxy) is 4. The van der Waals surface area contributed by atoms with Gasteiger partial charge in [0.25, 0.3) is 0 Å². The number of fused-ring (bicyclic) bond motifs is 1. The first kappa shape index (κ1) is 13.1. The van der Waals surface area contributed by atoms with Crippen LogP contribution in [0.15, 0.2) is 18.2 Å². The van der Waals surface area contributed by atoms with E-state index in [0.717, 1.165) is 30.2 Å². The fourth-order valence-electron chi connectivity index (χ4n) is 1.89. The molecule has 2 rings (SSSR count). The molecule has 100 valence electrons. The van der Waals surface area contributed by atoms with Gasteiger partial charge >= 0.3 is 0 Å². The van der Waals surface area contributed by atoms with E-state index in [1.807, 2.05) is 18.2 Å². The van der Waals surface area contributed by atoms with Gasteiger partial charge in [0, 0.05) is 32.9 Å². The van der Waals surface area contributed by atoms with E-state index < -0.39 is 0 Å². The summed E-state index contributed by atoms with van der Waals surface area (Å²) in [6.45, 7) is 2.33. The largest absolute Gasteiger partial charge is 0.454 e. The summed E-state index contributed by atoms with van der Waals surface area (Å²) in [5.41, 5.74) is 1.09. The minimum atomic E-state index is 0.0592. The quantitative estimate of drug-likeness (QED) is 0.790. The third-order valence-corrected chi connectivity index (χ3v) is 2.85. The number of para-hydroxylation sites is 1. The topological polar surface area (TPSA) is 49.0 Å². The van der Waals surface area contributed by atoms with Crippen molar-refractivity contribution in [3.63, 3.8) is 0 Å². The van der Waals surface area contributed by atoms with Gasteiger partial charge in [-0.25, -0.2) is 0 Å². The first-order chi connectivity index (χ1) is 8.85. The Balaban J connectivity index is 1.85. The Hall–Kier alpha value is -1.30. The maximum Gasteiger partial charge on any atom is 0.231 e. The van der Waals surface area contributed by atoms with Crippen LogP contribution in [0.3, 0.4) is 0 Å². The molecule has 18 heavy (non-hydrogen) atoms. The Morgan fingerprint density at radius 1 is 1.33 bits per heavy atom. The molecule has 0 fully saturated rings. The minimum absolute atomic E-state index is 0.0592. The Morgan fingerprint density at radius 3 is 3.00 bits per heavy atom. The first-order valence-electron chi connectivity index (χ1n) is 5.95. The smallest absolute Gasteiger partial charge is 0.231 e. The summed E-state index contributed by atoms with van der Waals surface area (Å²) in [7, 11) is 3.35. The number of rotatable bonds is 7. The molecule has 0 radical (unpaired) electrons. The predicted molar refractivity (Wildman–Crippen MR) is 66.9 cm³/mol. The molecule has 0 saturated carbocycles. The van der Waals surface area contributed by atoms with Crippen LogP contribution in [-0.2, 0) is 16.0 Å². The van der Waals surface area contributed by atoms with Gasteiger partial charge in [-0.05, 0) is 6.07 Å². The molecule has 1 heterocycles. The van der Waals surface area contributed by atoms with Crippen molar-refractivity contribution in [2.45, 2.75) is 12.6 Å². The SMILES string of the molecule is COCC(CNCc1cccc2c1OCO2)OC. The van der Waals surface area contributed by atoms with E-state index in [1.165, 1.54) is 0 Å². The van der Waals surface area contributed by atoms with E-state index in [9.17, 15) is 0 Å². The highest BCUT2D eigenvalue weighted by atomic mass is 16.7. The fraction of sp³-hybridized carbons (Fsp3) is 0.538. The first-order valence-corrected chi connectivity index (χ1v) is 5.95. The van der Waals surface area contributed by atoms with E-state index in [1.54, 1.807) is 14.2 Å². The molecule has 0 bridgehead atoms. The lowest BCUT2D eigenvalue weighted by Gasteiger charge is -2.15. The summed E-state index contributed by atoms with van der Waals surface area (Å²) < 4.78 is 21.1. The van der Waals surface area contributed by atoms with E-state index in [-0.39, 0.29) is 6.10 Å². The predicted octanol–water partition coefficient (Wildman–Crippen LogP) is 1.17. The number of methoxy groups -OCH3 is 2. The van der Waals surface area contributed by atoms with Crippen molar-refractivity contribution in [1.82, 2.24) is 5.32 Å². The highest BCUT2D eigenvalue weighted by Crippen LogP contribution is 2.35. The molecule has 0 aliphatic carbocycles. The van der Waals surface area contributed by atoms with Gasteiger partial charge in [0.2, 0.25) is 6.79 Å². The molecule has 1 aliphatic rings. The maximum atomic E-state index is 5.44. The minimum Gasteiger partial charge on any atom is -0.454 e. The second-order valence-electron chi connectivity index (χ2n) is 4.09. The Bertz CT molecular complexity index is 383. The monoisotopic (exact) mass is 253 g/mol. The molecule has 1 unspecified atom stereocenters. The maximum absolute atomic E-state index is 5.44. The lowest BCUT2D eigenvalue weighted by molar-refractivity contribution is 0.0287. The summed E-state index contributed by atoms with van der Waals surface area (Å²) in [6, 6.07) is 5.90. The zero-order valence-corrected chi connectivity index (χ0v) is 10.8. The third-order valence-electron chi connectivity index (χ3n) is 2.85. The van der Waals surface area contributed by atoms with Crippen LogP contribution in [0.5, 0.6) is 11.5 Å². The van der Waals surface area contributed by atoms with Gasteiger partial charge in [-0.2, -0.15) is 0 Å². The molecule has 0 saturated heterocycles. The van der Waals surface area contributed by atoms with Crippen LogP contribution in [0.1, 0.15) is 5.56 Å². The molecular weight excluding hydrogens is 234 g/mol. The van der Waals surface area contributed by atoms with Crippen LogP contribution in [-0.4, -0.2) is 40.3 Å². The van der Waals surface area contributed by atoms with Gasteiger partial charge in [0.1, 0.15) is 0 Å². The van der Waals surface area contributed by atoms with Crippen LogP contribution < -0.4 is 14.8 Å². The van der Waals surface area contributed by atoms with Crippen molar-refractivity contribution in [3.8, 4) is 11.5 Å². The van der Waals surface area contributed by atoms with Gasteiger partial charge in [-0.3, -0.25) is 0 Å². The highest BCUT2D eigenvalue weighted by Gasteiger charge is 2.17. The summed E-state index contributed by atoms with van der Waals surface area (Å²) >= 11 is 0. The van der Waals surface area contributed by atoms with Gasteiger partial charge in [-0.15, -0.1) is 0 Å². The van der Waals surface area contributed by atoms with Crippen molar-refractivity contribution in [3.05, 3.63) is 23.8 Å². The van der Waals surface area contributed by atoms with Gasteiger partial charge in [0.15, 0.2) is 11.5 Å². The van der Waals surface area contributed by atoms with E-state index in [0.29, 0.717) is 13.4 Å². The molecule has 1 N–H and O–H groups in total. The van der Waals surface area contributed by atoms with Crippen LogP contribution in [0.2, 0.25) is 0 Å². The molecule has 1 atom stereocenters. The number of nitrogens with one attached hydrogen (secondary N) is 1. The zero-order chi connectivity index (χ0) is 12.8. The van der Waals surface area contributed by atoms with Crippen LogP contribution in [0.25, 0.3) is 0 Å². The van der Waals surface area contributed by atoms with E-state index in [2.05, 4.69) is 5.32 Å². The Labute approximate surface area is 107 Å². The van der Waals surface area contributed by atoms with Gasteiger partial charge < -0.3 is 24.3 Å². The summed E-state index contributed by atoms with van der Waals surface area (Å²) in [5, 5.41) is 3.33. The molecule has 1 aliphatic heterocycles. The van der Waals surface area contributed by atoms with Gasteiger partial charge in [0.05, 0.1) is 12.7 Å². The molecule has 1 aromatic rings. The van der Waals surface area contributed by atoms with Gasteiger partial charge in [-0.1, -0.05) is 12.1 Å². The number of hydrogen-bond acceptors (Lipinski definition) is 5. The van der Waals surface area contributed by atoms with Crippen LogP contribution in [0, 0.1) is 0 Å². The average molecular weight is 253 g/mol. The van der Waals surface area contributed by atoms with Crippen molar-refractivity contribution in [2.24, 2.45) is 0 Å². The summed E-state index contributed by atoms with van der Waals surface area (Å²) in [5.74, 6) is 1.65. The lowest BCUT2D eigenvalue weighted by atomic mass is 10.2. The summed E-state index contributed by atoms with van der Waals surface area (Å²) in [4.78, 5) is 0. The number of hydrogen-bond donors (Lipinski definition) is 1. The van der Waals surface area contributed by atoms with Crippen molar-refractivity contribution < 1.29 is 18.9 Å². The molecule has 0 amide bonds. The zero-order valence-electron chi connectivity index (χ0n) is 10.8. The Kier molecular flexibility index (Phi) is 4.81. The molecule has 5 nitrogen and oxygen atoms in total.